The van der Waals surface area contributed by atoms with Gasteiger partial charge in [-0.25, -0.2) is 0 Å². The predicted molar refractivity (Wildman–Crippen MR) is 78.3 cm³/mol. The van der Waals surface area contributed by atoms with Crippen LogP contribution in [0.25, 0.3) is 0 Å². The fraction of sp³-hybridized carbons (Fsp3) is 0.538. The lowest BCUT2D eigenvalue weighted by atomic mass is 10.2. The first kappa shape index (κ1) is 15.7. The maximum atomic E-state index is 4.49. The van der Waals surface area contributed by atoms with Crippen LogP contribution in [0.1, 0.15) is 30.3 Å². The summed E-state index contributed by atoms with van der Waals surface area (Å²) in [5, 5.41) is 12.2. The monoisotopic (exact) mass is 283 g/mol. The molecule has 0 unspecified atom stereocenters. The normalized spacial score (nSPS) is 10.5. The molecule has 5 nitrogen and oxygen atoms in total. The van der Waals surface area contributed by atoms with Gasteiger partial charge in [0.05, 0.1) is 11.4 Å². The Labute approximate surface area is 120 Å². The number of rotatable bonds is 6. The van der Waals surface area contributed by atoms with Crippen LogP contribution in [0.2, 0.25) is 0 Å². The Morgan fingerprint density at radius 3 is 2.68 bits per heavy atom. The second-order valence-corrected chi connectivity index (χ2v) is 4.59. The van der Waals surface area contributed by atoms with Gasteiger partial charge in [0.2, 0.25) is 0 Å². The topological polar surface area (TPSA) is 47.7 Å². The largest absolute Gasteiger partial charge is 0.307 e. The fourth-order valence-electron chi connectivity index (χ4n) is 2.00. The zero-order chi connectivity index (χ0) is 13.0. The van der Waals surface area contributed by atoms with Crippen LogP contribution in [0.5, 0.6) is 0 Å². The van der Waals surface area contributed by atoms with Crippen molar-refractivity contribution in [3.8, 4) is 0 Å². The maximum Gasteiger partial charge on any atom is 0.0762 e. The summed E-state index contributed by atoms with van der Waals surface area (Å²) >= 11 is 0. The second-order valence-electron chi connectivity index (χ2n) is 4.59. The third-order valence-corrected chi connectivity index (χ3v) is 2.89. The van der Waals surface area contributed by atoms with E-state index in [9.17, 15) is 0 Å². The summed E-state index contributed by atoms with van der Waals surface area (Å²) in [6.07, 6.45) is 5.21. The molecule has 2 rings (SSSR count). The third-order valence-electron chi connectivity index (χ3n) is 2.89. The molecule has 0 aliphatic carbocycles. The summed E-state index contributed by atoms with van der Waals surface area (Å²) in [5.74, 6) is 0. The van der Waals surface area contributed by atoms with E-state index in [4.69, 9.17) is 0 Å². The summed E-state index contributed by atoms with van der Waals surface area (Å²) in [6, 6.07) is 2.07. The molecular weight excluding hydrogens is 262 g/mol. The minimum absolute atomic E-state index is 0. The van der Waals surface area contributed by atoms with Crippen molar-refractivity contribution in [3.63, 3.8) is 0 Å². The molecule has 2 aromatic rings. The van der Waals surface area contributed by atoms with E-state index < -0.39 is 0 Å². The second kappa shape index (κ2) is 7.31. The molecule has 0 aromatic carbocycles. The van der Waals surface area contributed by atoms with Gasteiger partial charge in [0, 0.05) is 44.6 Å². The molecule has 106 valence electrons. The molecule has 0 fully saturated rings. The van der Waals surface area contributed by atoms with E-state index in [2.05, 4.69) is 34.7 Å². The Balaban J connectivity index is 0.00000180. The van der Waals surface area contributed by atoms with Gasteiger partial charge in [0.25, 0.3) is 0 Å². The van der Waals surface area contributed by atoms with E-state index in [-0.39, 0.29) is 12.4 Å². The number of aryl methyl sites for hydroxylation is 3. The summed E-state index contributed by atoms with van der Waals surface area (Å²) < 4.78 is 3.84. The minimum atomic E-state index is 0. The fourth-order valence-corrected chi connectivity index (χ4v) is 2.00. The van der Waals surface area contributed by atoms with Gasteiger partial charge < -0.3 is 5.32 Å². The number of nitrogens with zero attached hydrogens (tertiary/aromatic N) is 4. The highest BCUT2D eigenvalue weighted by molar-refractivity contribution is 5.85. The Morgan fingerprint density at radius 2 is 2.05 bits per heavy atom. The molecule has 0 spiro atoms. The van der Waals surface area contributed by atoms with E-state index in [0.29, 0.717) is 0 Å². The first-order chi connectivity index (χ1) is 8.69. The lowest BCUT2D eigenvalue weighted by molar-refractivity contribution is 0.582. The Kier molecular flexibility index (Phi) is 6.05. The summed E-state index contributed by atoms with van der Waals surface area (Å²) in [4.78, 5) is 0. The van der Waals surface area contributed by atoms with Gasteiger partial charge in [-0.1, -0.05) is 6.92 Å². The predicted octanol–water partition coefficient (Wildman–Crippen LogP) is 2.05. The number of halogens is 1. The molecule has 6 heteroatoms. The van der Waals surface area contributed by atoms with Gasteiger partial charge in [0.15, 0.2) is 0 Å². The molecule has 0 bridgehead atoms. The third kappa shape index (κ3) is 4.36. The number of aromatic nitrogens is 4. The van der Waals surface area contributed by atoms with Crippen LogP contribution >= 0.6 is 12.4 Å². The molecule has 0 aliphatic rings. The average molecular weight is 284 g/mol. The number of nitrogens with one attached hydrogen (secondary N) is 1. The van der Waals surface area contributed by atoms with Gasteiger partial charge in [-0.3, -0.25) is 9.36 Å². The van der Waals surface area contributed by atoms with Gasteiger partial charge in [0.1, 0.15) is 0 Å². The summed E-state index contributed by atoms with van der Waals surface area (Å²) in [7, 11) is 1.95. The van der Waals surface area contributed by atoms with Crippen molar-refractivity contribution >= 4 is 12.4 Å². The molecule has 0 atom stereocenters. The first-order valence-electron chi connectivity index (χ1n) is 6.41. The van der Waals surface area contributed by atoms with Crippen LogP contribution in [-0.4, -0.2) is 19.6 Å². The SMILES string of the molecule is CCCn1ccc(CNCc2cn(C)nc2C)n1.Cl. The highest BCUT2D eigenvalue weighted by Gasteiger charge is 2.03. The van der Waals surface area contributed by atoms with Crippen molar-refractivity contribution in [1.82, 2.24) is 24.9 Å². The van der Waals surface area contributed by atoms with E-state index >= 15 is 0 Å². The van der Waals surface area contributed by atoms with Crippen LogP contribution in [0.4, 0.5) is 0 Å². The van der Waals surface area contributed by atoms with Crippen molar-refractivity contribution in [1.29, 1.82) is 0 Å². The lowest BCUT2D eigenvalue weighted by Gasteiger charge is -2.01. The molecule has 0 radical (unpaired) electrons. The standard InChI is InChI=1S/C13H21N5.ClH/c1-4-6-18-7-5-13(16-18)9-14-8-12-10-17(3)15-11(12)2;/h5,7,10,14H,4,6,8-9H2,1-3H3;1H. The van der Waals surface area contributed by atoms with Gasteiger partial charge >= 0.3 is 0 Å². The molecule has 19 heavy (non-hydrogen) atoms. The molecule has 0 saturated carbocycles. The van der Waals surface area contributed by atoms with Crippen molar-refractivity contribution in [3.05, 3.63) is 35.4 Å². The molecule has 2 aromatic heterocycles. The number of hydrogen-bond donors (Lipinski definition) is 1. The van der Waals surface area contributed by atoms with Gasteiger partial charge in [-0.05, 0) is 19.4 Å². The highest BCUT2D eigenvalue weighted by atomic mass is 35.5. The Bertz CT molecular complexity index is 503. The van der Waals surface area contributed by atoms with Crippen molar-refractivity contribution in [2.24, 2.45) is 7.05 Å². The highest BCUT2D eigenvalue weighted by Crippen LogP contribution is 2.04. The molecule has 0 aliphatic heterocycles. The smallest absolute Gasteiger partial charge is 0.0762 e. The minimum Gasteiger partial charge on any atom is -0.307 e. The zero-order valence-corrected chi connectivity index (χ0v) is 12.6. The quantitative estimate of drug-likeness (QED) is 0.883. The summed E-state index contributed by atoms with van der Waals surface area (Å²) in [5.41, 5.74) is 3.41. The first-order valence-corrected chi connectivity index (χ1v) is 6.41. The summed E-state index contributed by atoms with van der Waals surface area (Å²) in [6.45, 7) is 6.81. The van der Waals surface area contributed by atoms with Gasteiger partial charge in [-0.15, -0.1) is 12.4 Å². The van der Waals surface area contributed by atoms with E-state index in [1.54, 1.807) is 0 Å². The van der Waals surface area contributed by atoms with Crippen molar-refractivity contribution in [2.45, 2.75) is 39.9 Å². The van der Waals surface area contributed by atoms with Crippen molar-refractivity contribution < 1.29 is 0 Å². The van der Waals surface area contributed by atoms with Crippen LogP contribution < -0.4 is 5.32 Å². The van der Waals surface area contributed by atoms with Crippen LogP contribution in [0, 0.1) is 6.92 Å². The number of hydrogen-bond acceptors (Lipinski definition) is 3. The van der Waals surface area contributed by atoms with Crippen LogP contribution in [0.15, 0.2) is 18.5 Å². The van der Waals surface area contributed by atoms with E-state index in [1.165, 1.54) is 5.56 Å². The zero-order valence-electron chi connectivity index (χ0n) is 11.8. The molecular formula is C13H22ClN5. The van der Waals surface area contributed by atoms with E-state index in [0.717, 1.165) is 37.4 Å². The Morgan fingerprint density at radius 1 is 1.26 bits per heavy atom. The maximum absolute atomic E-state index is 4.49. The molecule has 2 heterocycles. The van der Waals surface area contributed by atoms with Crippen LogP contribution in [-0.2, 0) is 26.7 Å². The molecule has 1 N–H and O–H groups in total. The molecule has 0 saturated heterocycles. The Hall–Kier alpha value is -1.33. The van der Waals surface area contributed by atoms with E-state index in [1.807, 2.05) is 29.5 Å². The lowest BCUT2D eigenvalue weighted by Crippen LogP contribution is -2.13. The van der Waals surface area contributed by atoms with Crippen LogP contribution in [0.3, 0.4) is 0 Å². The average Bonchev–Trinajstić information content (AvgIpc) is 2.87. The van der Waals surface area contributed by atoms with Crippen molar-refractivity contribution in [2.75, 3.05) is 0 Å². The van der Waals surface area contributed by atoms with Gasteiger partial charge in [-0.2, -0.15) is 10.2 Å². The molecule has 0 amide bonds.